The Kier molecular flexibility index (Phi) is 5.95. The number of halogens is 2. The lowest BCUT2D eigenvalue weighted by Crippen LogP contribution is -2.21. The fraction of sp³-hybridized carbons (Fsp3) is 0.136. The molecule has 0 fully saturated rings. The summed E-state index contributed by atoms with van der Waals surface area (Å²) >= 11 is 12.0. The smallest absolute Gasteiger partial charge is 0.262 e. The maximum absolute atomic E-state index is 12.3. The van der Waals surface area contributed by atoms with Crippen molar-refractivity contribution in [3.8, 4) is 17.7 Å². The van der Waals surface area contributed by atoms with Gasteiger partial charge in [-0.15, -0.1) is 5.10 Å². The molecule has 1 aromatic heterocycles. The summed E-state index contributed by atoms with van der Waals surface area (Å²) < 4.78 is 11.1. The Balaban J connectivity index is 1.53. The van der Waals surface area contributed by atoms with Gasteiger partial charge in [-0.3, -0.25) is 9.89 Å². The van der Waals surface area contributed by atoms with Crippen molar-refractivity contribution in [1.82, 2.24) is 10.2 Å². The third kappa shape index (κ3) is 4.21. The van der Waals surface area contributed by atoms with Gasteiger partial charge in [0.05, 0.1) is 16.6 Å². The number of nitrogens with zero attached hydrogens (tertiary/aromatic N) is 2. The third-order valence-corrected chi connectivity index (χ3v) is 5.44. The topological polar surface area (TPSA) is 126 Å². The molecule has 0 radical (unpaired) electrons. The lowest BCUT2D eigenvalue weighted by atomic mass is 9.84. The Morgan fingerprint density at radius 1 is 1.34 bits per heavy atom. The van der Waals surface area contributed by atoms with Crippen molar-refractivity contribution in [3.63, 3.8) is 0 Å². The van der Waals surface area contributed by atoms with Crippen LogP contribution in [0.4, 0.5) is 5.69 Å². The van der Waals surface area contributed by atoms with Crippen LogP contribution in [0, 0.1) is 18.3 Å². The number of hydrogen-bond acceptors (Lipinski definition) is 6. The summed E-state index contributed by atoms with van der Waals surface area (Å²) in [6, 6.07) is 14.0. The van der Waals surface area contributed by atoms with E-state index in [0.717, 1.165) is 16.8 Å². The van der Waals surface area contributed by atoms with E-state index in [1.807, 2.05) is 13.0 Å². The van der Waals surface area contributed by atoms with Crippen molar-refractivity contribution in [2.75, 3.05) is 11.9 Å². The lowest BCUT2D eigenvalue weighted by molar-refractivity contribution is -0.118. The zero-order chi connectivity index (χ0) is 22.8. The number of H-pyrrole nitrogens is 1. The van der Waals surface area contributed by atoms with Crippen molar-refractivity contribution in [1.29, 1.82) is 5.26 Å². The number of rotatable bonds is 5. The highest BCUT2D eigenvalue weighted by molar-refractivity contribution is 6.36. The van der Waals surface area contributed by atoms with Crippen molar-refractivity contribution < 1.29 is 14.3 Å². The Morgan fingerprint density at radius 3 is 2.91 bits per heavy atom. The van der Waals surface area contributed by atoms with Gasteiger partial charge in [-0.1, -0.05) is 35.3 Å². The summed E-state index contributed by atoms with van der Waals surface area (Å²) in [6.07, 6.45) is 0. The van der Waals surface area contributed by atoms with Gasteiger partial charge in [0, 0.05) is 16.3 Å². The Hall–Kier alpha value is -3.67. The van der Waals surface area contributed by atoms with E-state index in [-0.39, 0.29) is 24.0 Å². The molecular formula is C22H17Cl2N5O3. The highest BCUT2D eigenvalue weighted by Gasteiger charge is 2.34. The molecule has 10 heteroatoms. The quantitative estimate of drug-likeness (QED) is 0.512. The van der Waals surface area contributed by atoms with Crippen LogP contribution in [0.1, 0.15) is 22.7 Å². The number of hydrogen-bond donors (Lipinski definition) is 3. The number of aromatic nitrogens is 2. The molecule has 4 rings (SSSR count). The van der Waals surface area contributed by atoms with Gasteiger partial charge in [0.25, 0.3) is 5.91 Å². The van der Waals surface area contributed by atoms with Gasteiger partial charge in [0.2, 0.25) is 11.8 Å². The second-order valence-corrected chi connectivity index (χ2v) is 7.87. The standard InChI is InChI=1S/C22H17Cl2N5O3/c1-11-19-20(15(9-25)21(26)32-22(19)29-28-11)12-3-2-4-14(7-12)31-10-18(30)27-17-6-5-13(23)8-16(17)24/h2-8,20H,10,26H2,1H3,(H,27,30)(H,28,29). The normalized spacial score (nSPS) is 14.9. The van der Waals surface area contributed by atoms with Crippen LogP contribution in [0.15, 0.2) is 53.9 Å². The highest BCUT2D eigenvalue weighted by Crippen LogP contribution is 2.43. The molecule has 1 aliphatic rings. The second-order valence-electron chi connectivity index (χ2n) is 7.03. The van der Waals surface area contributed by atoms with Crippen LogP contribution in [-0.4, -0.2) is 22.7 Å². The molecule has 0 spiro atoms. The van der Waals surface area contributed by atoms with Gasteiger partial charge >= 0.3 is 0 Å². The maximum atomic E-state index is 12.3. The highest BCUT2D eigenvalue weighted by atomic mass is 35.5. The Labute approximate surface area is 193 Å². The molecular weight excluding hydrogens is 453 g/mol. The van der Waals surface area contributed by atoms with E-state index in [2.05, 4.69) is 21.6 Å². The molecule has 162 valence electrons. The number of aryl methyl sites for hydroxylation is 1. The molecule has 0 aliphatic carbocycles. The zero-order valence-corrected chi connectivity index (χ0v) is 18.3. The molecule has 1 unspecified atom stereocenters. The SMILES string of the molecule is Cc1[nH]nc2c1C(c1cccc(OCC(=O)Nc3ccc(Cl)cc3Cl)c1)C(C#N)=C(N)O2. The molecule has 8 nitrogen and oxygen atoms in total. The molecule has 32 heavy (non-hydrogen) atoms. The first-order valence-electron chi connectivity index (χ1n) is 9.47. The number of nitrogens with two attached hydrogens (primary N) is 1. The monoisotopic (exact) mass is 469 g/mol. The minimum atomic E-state index is -0.479. The first kappa shape index (κ1) is 21.6. The summed E-state index contributed by atoms with van der Waals surface area (Å²) in [5.74, 6) is -0.0882. The predicted molar refractivity (Wildman–Crippen MR) is 120 cm³/mol. The number of amides is 1. The molecule has 0 bridgehead atoms. The number of allylic oxidation sites excluding steroid dienone is 1. The fourth-order valence-corrected chi connectivity index (χ4v) is 3.90. The first-order valence-corrected chi connectivity index (χ1v) is 10.2. The van der Waals surface area contributed by atoms with Crippen LogP contribution >= 0.6 is 23.2 Å². The molecule has 1 aliphatic heterocycles. The van der Waals surface area contributed by atoms with E-state index >= 15 is 0 Å². The van der Waals surface area contributed by atoms with Crippen LogP contribution in [0.5, 0.6) is 11.6 Å². The number of nitrogens with one attached hydrogen (secondary N) is 2. The minimum Gasteiger partial charge on any atom is -0.484 e. The number of ether oxygens (including phenoxy) is 2. The third-order valence-electron chi connectivity index (χ3n) is 4.90. The van der Waals surface area contributed by atoms with Gasteiger partial charge in [0.15, 0.2) is 6.61 Å². The van der Waals surface area contributed by atoms with E-state index in [1.54, 1.807) is 30.3 Å². The number of aromatic amines is 1. The summed E-state index contributed by atoms with van der Waals surface area (Å²) in [6.45, 7) is 1.60. The molecule has 3 aromatic rings. The van der Waals surface area contributed by atoms with E-state index < -0.39 is 5.92 Å². The molecule has 0 saturated carbocycles. The lowest BCUT2D eigenvalue weighted by Gasteiger charge is -2.24. The predicted octanol–water partition coefficient (Wildman–Crippen LogP) is 4.26. The van der Waals surface area contributed by atoms with Gasteiger partial charge in [-0.05, 0) is 42.8 Å². The minimum absolute atomic E-state index is 0.00189. The van der Waals surface area contributed by atoms with E-state index in [1.165, 1.54) is 6.07 Å². The van der Waals surface area contributed by atoms with Crippen LogP contribution < -0.4 is 20.5 Å². The molecule has 0 saturated heterocycles. The summed E-state index contributed by atoms with van der Waals surface area (Å²) in [5.41, 5.74) is 8.89. The molecule has 2 heterocycles. The molecule has 1 amide bonds. The van der Waals surface area contributed by atoms with Gasteiger partial charge in [0.1, 0.15) is 17.4 Å². The molecule has 1 atom stereocenters. The zero-order valence-electron chi connectivity index (χ0n) is 16.8. The van der Waals surface area contributed by atoms with Crippen LogP contribution in [0.3, 0.4) is 0 Å². The molecule has 4 N–H and O–H groups in total. The second kappa shape index (κ2) is 8.83. The Bertz CT molecular complexity index is 1280. The number of carbonyl (C=O) groups excluding carboxylic acids is 1. The van der Waals surface area contributed by atoms with Gasteiger partial charge in [-0.25, -0.2) is 0 Å². The largest absolute Gasteiger partial charge is 0.484 e. The van der Waals surface area contributed by atoms with E-state index in [9.17, 15) is 10.1 Å². The summed E-state index contributed by atoms with van der Waals surface area (Å²) in [7, 11) is 0. The summed E-state index contributed by atoms with van der Waals surface area (Å²) in [5, 5.41) is 20.1. The van der Waals surface area contributed by atoms with Crippen LogP contribution in [0.25, 0.3) is 0 Å². The average molecular weight is 470 g/mol. The van der Waals surface area contributed by atoms with Crippen molar-refractivity contribution in [3.05, 3.63) is 80.8 Å². The Morgan fingerprint density at radius 2 is 2.16 bits per heavy atom. The van der Waals surface area contributed by atoms with Crippen molar-refractivity contribution in [2.24, 2.45) is 5.73 Å². The van der Waals surface area contributed by atoms with E-state index in [4.69, 9.17) is 38.4 Å². The number of carbonyl (C=O) groups is 1. The average Bonchev–Trinajstić information content (AvgIpc) is 3.13. The number of fused-ring (bicyclic) bond motifs is 1. The number of benzene rings is 2. The van der Waals surface area contributed by atoms with Crippen molar-refractivity contribution in [2.45, 2.75) is 12.8 Å². The van der Waals surface area contributed by atoms with Crippen molar-refractivity contribution >= 4 is 34.8 Å². The van der Waals surface area contributed by atoms with Gasteiger partial charge in [-0.2, -0.15) is 5.26 Å². The van der Waals surface area contributed by atoms with Gasteiger partial charge < -0.3 is 20.5 Å². The fourth-order valence-electron chi connectivity index (χ4n) is 3.44. The number of nitriles is 1. The molecule has 2 aromatic carbocycles. The first-order chi connectivity index (χ1) is 15.4. The van der Waals surface area contributed by atoms with E-state index in [0.29, 0.717) is 27.4 Å². The summed E-state index contributed by atoms with van der Waals surface area (Å²) in [4.78, 5) is 12.3. The maximum Gasteiger partial charge on any atom is 0.262 e. The van der Waals surface area contributed by atoms with Crippen LogP contribution in [-0.2, 0) is 4.79 Å². The number of anilines is 1. The van der Waals surface area contributed by atoms with Crippen LogP contribution in [0.2, 0.25) is 10.0 Å².